The maximum Gasteiger partial charge on any atom is 0.253 e. The molecule has 0 bridgehead atoms. The third kappa shape index (κ3) is 5.71. The Kier molecular flexibility index (Phi) is 6.76. The van der Waals surface area contributed by atoms with Gasteiger partial charge in [0.2, 0.25) is 5.91 Å². The van der Waals surface area contributed by atoms with E-state index in [9.17, 15) is 14.7 Å². The van der Waals surface area contributed by atoms with Gasteiger partial charge in [-0.2, -0.15) is 0 Å². The van der Waals surface area contributed by atoms with Gasteiger partial charge in [-0.15, -0.1) is 0 Å². The molecule has 1 heterocycles. The topological polar surface area (TPSA) is 69.6 Å². The van der Waals surface area contributed by atoms with Crippen molar-refractivity contribution < 1.29 is 14.7 Å². The third-order valence-electron chi connectivity index (χ3n) is 4.60. The van der Waals surface area contributed by atoms with Crippen LogP contribution in [0.2, 0.25) is 0 Å². The van der Waals surface area contributed by atoms with Crippen LogP contribution in [0.1, 0.15) is 49.5 Å². The number of piperidine rings is 1. The minimum atomic E-state index is -0.307. The van der Waals surface area contributed by atoms with Gasteiger partial charge in [0, 0.05) is 31.3 Å². The van der Waals surface area contributed by atoms with Crippen molar-refractivity contribution in [2.24, 2.45) is 5.92 Å². The van der Waals surface area contributed by atoms with Crippen molar-refractivity contribution in [1.29, 1.82) is 0 Å². The Morgan fingerprint density at radius 2 is 1.84 bits per heavy atom. The molecule has 1 atom stereocenters. The summed E-state index contributed by atoms with van der Waals surface area (Å²) < 4.78 is 0. The van der Waals surface area contributed by atoms with E-state index in [1.54, 1.807) is 6.08 Å². The van der Waals surface area contributed by atoms with Gasteiger partial charge >= 0.3 is 0 Å². The fourth-order valence-corrected chi connectivity index (χ4v) is 3.04. The van der Waals surface area contributed by atoms with Crippen molar-refractivity contribution in [3.8, 4) is 0 Å². The highest BCUT2D eigenvalue weighted by Gasteiger charge is 2.25. The molecule has 1 saturated heterocycles. The van der Waals surface area contributed by atoms with E-state index in [-0.39, 0.29) is 23.8 Å². The van der Waals surface area contributed by atoms with Gasteiger partial charge in [-0.3, -0.25) is 9.59 Å². The predicted octanol–water partition coefficient (Wildman–Crippen LogP) is 2.50. The molecule has 2 rings (SSSR count). The number of likely N-dealkylation sites (tertiary alicyclic amines) is 1. The summed E-state index contributed by atoms with van der Waals surface area (Å²) in [7, 11) is 0. The van der Waals surface area contributed by atoms with Crippen molar-refractivity contribution in [2.75, 3.05) is 13.1 Å². The van der Waals surface area contributed by atoms with Crippen LogP contribution in [0.25, 0.3) is 0 Å². The lowest BCUT2D eigenvalue weighted by Crippen LogP contribution is -2.40. The van der Waals surface area contributed by atoms with Crippen LogP contribution >= 0.6 is 0 Å². The summed E-state index contributed by atoms with van der Waals surface area (Å²) in [4.78, 5) is 26.0. The normalized spacial score (nSPS) is 16.2. The number of amides is 2. The Morgan fingerprint density at radius 3 is 2.36 bits per heavy atom. The summed E-state index contributed by atoms with van der Waals surface area (Å²) >= 11 is 0. The van der Waals surface area contributed by atoms with E-state index in [4.69, 9.17) is 0 Å². The maximum absolute atomic E-state index is 12.6. The number of nitrogens with zero attached hydrogens (tertiary/aromatic N) is 1. The van der Waals surface area contributed by atoms with Crippen molar-refractivity contribution in [3.05, 3.63) is 47.0 Å². The largest absolute Gasteiger partial charge is 0.393 e. The minimum Gasteiger partial charge on any atom is -0.393 e. The second-order valence-corrected chi connectivity index (χ2v) is 7.01. The number of rotatable bonds is 5. The van der Waals surface area contributed by atoms with Gasteiger partial charge in [0.1, 0.15) is 0 Å². The van der Waals surface area contributed by atoms with Crippen LogP contribution in [0, 0.1) is 5.92 Å². The van der Waals surface area contributed by atoms with E-state index in [2.05, 4.69) is 5.32 Å². The number of carbonyl (C=O) groups is 2. The Balaban J connectivity index is 1.88. The van der Waals surface area contributed by atoms with Crippen LogP contribution in [-0.2, 0) is 11.3 Å². The molecule has 2 N–H and O–H groups in total. The SMILES string of the molecule is CC(C)=CC(=O)NCc1ccc(C(=O)N2CCC(C(C)O)CC2)cc1. The van der Waals surface area contributed by atoms with Gasteiger partial charge in [0.05, 0.1) is 6.10 Å². The molecule has 0 saturated carbocycles. The van der Waals surface area contributed by atoms with E-state index in [0.717, 1.165) is 24.0 Å². The summed E-state index contributed by atoms with van der Waals surface area (Å²) in [5.74, 6) is 0.209. The summed E-state index contributed by atoms with van der Waals surface area (Å²) in [5.41, 5.74) is 2.58. The Hall–Kier alpha value is -2.14. The molecule has 136 valence electrons. The Bertz CT molecular complexity index is 623. The second kappa shape index (κ2) is 8.81. The molecule has 1 aromatic rings. The average Bonchev–Trinajstić information content (AvgIpc) is 2.59. The van der Waals surface area contributed by atoms with Crippen molar-refractivity contribution in [3.63, 3.8) is 0 Å². The monoisotopic (exact) mass is 344 g/mol. The molecule has 2 amide bonds. The molecular formula is C20H28N2O3. The fraction of sp³-hybridized carbons (Fsp3) is 0.500. The molecule has 25 heavy (non-hydrogen) atoms. The van der Waals surface area contributed by atoms with Crippen LogP contribution in [-0.4, -0.2) is 41.0 Å². The van der Waals surface area contributed by atoms with E-state index in [0.29, 0.717) is 25.2 Å². The molecule has 1 aliphatic heterocycles. The highest BCUT2D eigenvalue weighted by molar-refractivity contribution is 5.94. The number of carbonyl (C=O) groups excluding carboxylic acids is 2. The highest BCUT2D eigenvalue weighted by atomic mass is 16.3. The average molecular weight is 344 g/mol. The van der Waals surface area contributed by atoms with Crippen LogP contribution in [0.3, 0.4) is 0 Å². The fourth-order valence-electron chi connectivity index (χ4n) is 3.04. The zero-order valence-corrected chi connectivity index (χ0v) is 15.3. The first-order valence-electron chi connectivity index (χ1n) is 8.86. The van der Waals surface area contributed by atoms with E-state index in [1.807, 2.05) is 49.9 Å². The molecule has 5 nitrogen and oxygen atoms in total. The van der Waals surface area contributed by atoms with Crippen molar-refractivity contribution in [2.45, 2.75) is 46.3 Å². The zero-order valence-electron chi connectivity index (χ0n) is 15.3. The lowest BCUT2D eigenvalue weighted by molar-refractivity contribution is -0.116. The van der Waals surface area contributed by atoms with Crippen LogP contribution < -0.4 is 5.32 Å². The summed E-state index contributed by atoms with van der Waals surface area (Å²) in [6.07, 6.45) is 2.95. The van der Waals surface area contributed by atoms with E-state index >= 15 is 0 Å². The number of allylic oxidation sites excluding steroid dienone is 1. The molecule has 1 unspecified atom stereocenters. The van der Waals surface area contributed by atoms with E-state index < -0.39 is 0 Å². The van der Waals surface area contributed by atoms with Crippen molar-refractivity contribution >= 4 is 11.8 Å². The van der Waals surface area contributed by atoms with Gasteiger partial charge in [-0.25, -0.2) is 0 Å². The minimum absolute atomic E-state index is 0.0316. The van der Waals surface area contributed by atoms with Crippen molar-refractivity contribution in [1.82, 2.24) is 10.2 Å². The molecular weight excluding hydrogens is 316 g/mol. The van der Waals surface area contributed by atoms with E-state index in [1.165, 1.54) is 0 Å². The molecule has 1 aromatic carbocycles. The van der Waals surface area contributed by atoms with Crippen LogP contribution in [0.15, 0.2) is 35.9 Å². The van der Waals surface area contributed by atoms with Gasteiger partial charge in [0.25, 0.3) is 5.91 Å². The third-order valence-corrected chi connectivity index (χ3v) is 4.60. The number of aliphatic hydroxyl groups excluding tert-OH is 1. The number of nitrogens with one attached hydrogen (secondary N) is 1. The molecule has 0 spiro atoms. The lowest BCUT2D eigenvalue weighted by atomic mass is 9.92. The molecule has 1 aliphatic rings. The van der Waals surface area contributed by atoms with Crippen LogP contribution in [0.5, 0.6) is 0 Å². The number of benzene rings is 1. The summed E-state index contributed by atoms with van der Waals surface area (Å²) in [6.45, 7) is 7.39. The summed E-state index contributed by atoms with van der Waals surface area (Å²) in [6, 6.07) is 7.37. The molecule has 0 aliphatic carbocycles. The zero-order chi connectivity index (χ0) is 18.4. The predicted molar refractivity (Wildman–Crippen MR) is 98.0 cm³/mol. The van der Waals surface area contributed by atoms with Gasteiger partial charge in [0.15, 0.2) is 0 Å². The van der Waals surface area contributed by atoms with Gasteiger partial charge < -0.3 is 15.3 Å². The lowest BCUT2D eigenvalue weighted by Gasteiger charge is -2.33. The summed E-state index contributed by atoms with van der Waals surface area (Å²) in [5, 5.41) is 12.5. The Labute approximate surface area is 149 Å². The second-order valence-electron chi connectivity index (χ2n) is 7.01. The Morgan fingerprint density at radius 1 is 1.24 bits per heavy atom. The molecule has 5 heteroatoms. The quantitative estimate of drug-likeness (QED) is 0.807. The standard InChI is InChI=1S/C20H28N2O3/c1-14(2)12-19(24)21-13-16-4-6-18(7-5-16)20(25)22-10-8-17(9-11-22)15(3)23/h4-7,12,15,17,23H,8-11,13H2,1-3H3,(H,21,24). The first-order chi connectivity index (χ1) is 11.9. The molecule has 1 fully saturated rings. The van der Waals surface area contributed by atoms with Gasteiger partial charge in [-0.05, 0) is 57.2 Å². The molecule has 0 aromatic heterocycles. The number of aliphatic hydroxyl groups is 1. The first kappa shape index (κ1) is 19.2. The number of hydrogen-bond acceptors (Lipinski definition) is 3. The maximum atomic E-state index is 12.6. The first-order valence-corrected chi connectivity index (χ1v) is 8.86. The van der Waals surface area contributed by atoms with Gasteiger partial charge in [-0.1, -0.05) is 17.7 Å². The van der Waals surface area contributed by atoms with Crippen LogP contribution in [0.4, 0.5) is 0 Å². The highest BCUT2D eigenvalue weighted by Crippen LogP contribution is 2.22. The smallest absolute Gasteiger partial charge is 0.253 e. The molecule has 0 radical (unpaired) electrons. The number of hydrogen-bond donors (Lipinski definition) is 2.